The van der Waals surface area contributed by atoms with Crippen LogP contribution in [0.5, 0.6) is 0 Å². The molecule has 2 heterocycles. The van der Waals surface area contributed by atoms with Gasteiger partial charge < -0.3 is 20.3 Å². The number of carbonyl (C=O) groups is 2. The zero-order valence-corrected chi connectivity index (χ0v) is 13.4. The van der Waals surface area contributed by atoms with Gasteiger partial charge >= 0.3 is 6.03 Å². The molecule has 0 spiro atoms. The summed E-state index contributed by atoms with van der Waals surface area (Å²) < 4.78 is 5.26. The Labute approximate surface area is 143 Å². The van der Waals surface area contributed by atoms with Crippen LogP contribution in [0.1, 0.15) is 11.6 Å². The van der Waals surface area contributed by atoms with Crippen LogP contribution in [0.4, 0.5) is 10.5 Å². The largest absolute Gasteiger partial charge is 0.378 e. The van der Waals surface area contributed by atoms with Crippen LogP contribution in [0, 0.1) is 16.0 Å². The number of rotatable bonds is 3. The maximum atomic E-state index is 12.9. The maximum Gasteiger partial charge on any atom is 0.319 e. The lowest BCUT2D eigenvalue weighted by molar-refractivity contribution is -0.384. The van der Waals surface area contributed by atoms with Crippen LogP contribution in [0.25, 0.3) is 0 Å². The minimum atomic E-state index is -0.697. The molecule has 9 nitrogen and oxygen atoms in total. The fraction of sp³-hybridized carbons (Fsp3) is 0.375. The number of hydrogen-bond donors (Lipinski definition) is 2. The van der Waals surface area contributed by atoms with Gasteiger partial charge in [-0.3, -0.25) is 14.9 Å². The lowest BCUT2D eigenvalue weighted by Gasteiger charge is -2.38. The number of morpholine rings is 1. The average molecular weight is 346 g/mol. The molecule has 25 heavy (non-hydrogen) atoms. The molecule has 2 N–H and O–H groups in total. The first-order valence-corrected chi connectivity index (χ1v) is 7.84. The highest BCUT2D eigenvalue weighted by atomic mass is 16.6. The van der Waals surface area contributed by atoms with E-state index >= 15 is 0 Å². The number of amides is 3. The van der Waals surface area contributed by atoms with Gasteiger partial charge in [0.05, 0.1) is 24.2 Å². The molecule has 1 aromatic rings. The molecule has 3 rings (SSSR count). The molecule has 2 saturated heterocycles. The summed E-state index contributed by atoms with van der Waals surface area (Å²) in [5.41, 5.74) is 0.857. The van der Waals surface area contributed by atoms with Crippen LogP contribution in [0.3, 0.4) is 0 Å². The fourth-order valence-electron chi connectivity index (χ4n) is 3.04. The van der Waals surface area contributed by atoms with Gasteiger partial charge in [-0.15, -0.1) is 0 Å². The number of hydrogen-bond acceptors (Lipinski definition) is 5. The third-order valence-corrected chi connectivity index (χ3v) is 4.32. The molecule has 2 aliphatic rings. The predicted octanol–water partition coefficient (Wildman–Crippen LogP) is 0.937. The normalized spacial score (nSPS) is 23.6. The first-order valence-electron chi connectivity index (χ1n) is 7.84. The molecule has 0 bridgehead atoms. The summed E-state index contributed by atoms with van der Waals surface area (Å²) in [6, 6.07) is 4.69. The summed E-state index contributed by atoms with van der Waals surface area (Å²) in [6.07, 6.45) is 0. The Morgan fingerprint density at radius 3 is 2.52 bits per heavy atom. The molecule has 0 radical (unpaired) electrons. The Kier molecular flexibility index (Phi) is 4.66. The van der Waals surface area contributed by atoms with Crippen LogP contribution in [-0.4, -0.2) is 48.1 Å². The van der Waals surface area contributed by atoms with E-state index in [1.165, 1.54) is 12.1 Å². The number of nitrogens with one attached hydrogen (secondary N) is 2. The van der Waals surface area contributed by atoms with Gasteiger partial charge in [-0.05, 0) is 5.56 Å². The van der Waals surface area contributed by atoms with Crippen molar-refractivity contribution in [1.29, 1.82) is 0 Å². The molecule has 0 aromatic heterocycles. The highest BCUT2D eigenvalue weighted by Gasteiger charge is 2.40. The quantitative estimate of drug-likeness (QED) is 0.624. The second kappa shape index (κ2) is 6.89. The number of carbonyl (C=O) groups excluding carboxylic acids is 2. The first-order chi connectivity index (χ1) is 12.0. The average Bonchev–Trinajstić information content (AvgIpc) is 2.61. The standard InChI is InChI=1S/C16H18N4O5/c1-10-13(15(21)19-6-8-25-9-7-19)14(18-16(22)17-10)11-2-4-12(5-3-11)20(23)24/h2-5,13-14H,1,6-9H2,(H2,17,18,22)/t13-,14-/m0/s1. The van der Waals surface area contributed by atoms with Crippen LogP contribution in [0.2, 0.25) is 0 Å². The van der Waals surface area contributed by atoms with E-state index in [0.29, 0.717) is 37.6 Å². The Balaban J connectivity index is 1.89. The smallest absolute Gasteiger partial charge is 0.319 e. The van der Waals surface area contributed by atoms with Gasteiger partial charge in [0.1, 0.15) is 5.92 Å². The summed E-state index contributed by atoms with van der Waals surface area (Å²) >= 11 is 0. The topological polar surface area (TPSA) is 114 Å². The van der Waals surface area contributed by atoms with Crippen molar-refractivity contribution in [3.05, 3.63) is 52.2 Å². The Morgan fingerprint density at radius 2 is 1.92 bits per heavy atom. The number of benzene rings is 1. The van der Waals surface area contributed by atoms with Gasteiger partial charge in [0.15, 0.2) is 0 Å². The summed E-state index contributed by atoms with van der Waals surface area (Å²) in [5.74, 6) is -0.860. The molecule has 3 amide bonds. The van der Waals surface area contributed by atoms with E-state index in [4.69, 9.17) is 4.74 Å². The summed E-state index contributed by atoms with van der Waals surface area (Å²) in [7, 11) is 0. The second-order valence-corrected chi connectivity index (χ2v) is 5.87. The molecule has 2 fully saturated rings. The third-order valence-electron chi connectivity index (χ3n) is 4.32. The number of urea groups is 1. The van der Waals surface area contributed by atoms with Crippen molar-refractivity contribution in [3.8, 4) is 0 Å². The number of nitro groups is 1. The van der Waals surface area contributed by atoms with Gasteiger partial charge in [0.25, 0.3) is 5.69 Å². The van der Waals surface area contributed by atoms with E-state index in [1.807, 2.05) is 0 Å². The molecule has 0 aliphatic carbocycles. The Hall–Kier alpha value is -2.94. The molecular weight excluding hydrogens is 328 g/mol. The van der Waals surface area contributed by atoms with Crippen molar-refractivity contribution in [3.63, 3.8) is 0 Å². The van der Waals surface area contributed by atoms with Crippen LogP contribution in [0.15, 0.2) is 36.5 Å². The van der Waals surface area contributed by atoms with Crippen LogP contribution < -0.4 is 10.6 Å². The maximum absolute atomic E-state index is 12.9. The van der Waals surface area contributed by atoms with Gasteiger partial charge in [0, 0.05) is 30.9 Å². The number of non-ortho nitro benzene ring substituents is 1. The highest BCUT2D eigenvalue weighted by molar-refractivity contribution is 5.88. The molecule has 2 aliphatic heterocycles. The monoisotopic (exact) mass is 346 g/mol. The predicted molar refractivity (Wildman–Crippen MR) is 87.5 cm³/mol. The molecule has 132 valence electrons. The Bertz CT molecular complexity index is 712. The summed E-state index contributed by atoms with van der Waals surface area (Å²) in [5, 5.41) is 16.1. The zero-order valence-electron chi connectivity index (χ0n) is 13.4. The molecular formula is C16H18N4O5. The van der Waals surface area contributed by atoms with Crippen molar-refractivity contribution in [1.82, 2.24) is 15.5 Å². The van der Waals surface area contributed by atoms with E-state index in [9.17, 15) is 19.7 Å². The van der Waals surface area contributed by atoms with Crippen molar-refractivity contribution < 1.29 is 19.2 Å². The van der Waals surface area contributed by atoms with Crippen molar-refractivity contribution in [2.24, 2.45) is 5.92 Å². The lowest BCUT2D eigenvalue weighted by atomic mass is 9.87. The minimum Gasteiger partial charge on any atom is -0.378 e. The van der Waals surface area contributed by atoms with Gasteiger partial charge in [0.2, 0.25) is 5.91 Å². The molecule has 2 atom stereocenters. The molecule has 1 aromatic carbocycles. The lowest BCUT2D eigenvalue weighted by Crippen LogP contribution is -2.55. The van der Waals surface area contributed by atoms with Gasteiger partial charge in [-0.25, -0.2) is 4.79 Å². The fourth-order valence-corrected chi connectivity index (χ4v) is 3.04. The van der Waals surface area contributed by atoms with E-state index < -0.39 is 22.9 Å². The van der Waals surface area contributed by atoms with Crippen LogP contribution >= 0.6 is 0 Å². The molecule has 9 heteroatoms. The number of nitro benzene ring substituents is 1. The number of ether oxygens (including phenoxy) is 1. The Morgan fingerprint density at radius 1 is 1.28 bits per heavy atom. The third kappa shape index (κ3) is 3.45. The number of nitrogens with zero attached hydrogens (tertiary/aromatic N) is 2. The second-order valence-electron chi connectivity index (χ2n) is 5.87. The van der Waals surface area contributed by atoms with Gasteiger partial charge in [-0.2, -0.15) is 0 Å². The van der Waals surface area contributed by atoms with E-state index in [2.05, 4.69) is 17.2 Å². The van der Waals surface area contributed by atoms with Gasteiger partial charge in [-0.1, -0.05) is 18.7 Å². The van der Waals surface area contributed by atoms with E-state index in [0.717, 1.165) is 0 Å². The van der Waals surface area contributed by atoms with Crippen molar-refractivity contribution in [2.75, 3.05) is 26.3 Å². The minimum absolute atomic E-state index is 0.0566. The zero-order chi connectivity index (χ0) is 18.0. The molecule has 0 unspecified atom stereocenters. The van der Waals surface area contributed by atoms with Crippen molar-refractivity contribution >= 4 is 17.6 Å². The van der Waals surface area contributed by atoms with Crippen molar-refractivity contribution in [2.45, 2.75) is 6.04 Å². The SMILES string of the molecule is C=C1NC(=O)N[C@@H](c2ccc([N+](=O)[O-])cc2)[C@H]1C(=O)N1CCOCC1. The van der Waals surface area contributed by atoms with Crippen LogP contribution in [-0.2, 0) is 9.53 Å². The summed E-state index contributed by atoms with van der Waals surface area (Å²) in [4.78, 5) is 36.8. The highest BCUT2D eigenvalue weighted by Crippen LogP contribution is 2.32. The van der Waals surface area contributed by atoms with E-state index in [-0.39, 0.29) is 11.6 Å². The first kappa shape index (κ1) is 16.9. The molecule has 0 saturated carbocycles. The van der Waals surface area contributed by atoms with E-state index in [1.54, 1.807) is 17.0 Å². The summed E-state index contributed by atoms with van der Waals surface area (Å²) in [6.45, 7) is 5.71.